The number of nitrogens with zero attached hydrogens (tertiary/aromatic N) is 2. The van der Waals surface area contributed by atoms with Gasteiger partial charge in [0, 0.05) is 61.3 Å². The van der Waals surface area contributed by atoms with Crippen LogP contribution in [0.15, 0.2) is 79.0 Å². The topological polar surface area (TPSA) is 113 Å². The molecule has 3 aromatic carbocycles. The van der Waals surface area contributed by atoms with Gasteiger partial charge in [-0.2, -0.15) is 0 Å². The van der Waals surface area contributed by atoms with Gasteiger partial charge in [-0.15, -0.1) is 0 Å². The van der Waals surface area contributed by atoms with Crippen LogP contribution in [0, 0.1) is 5.92 Å². The number of hydrogen-bond acceptors (Lipinski definition) is 5. The lowest BCUT2D eigenvalue weighted by Gasteiger charge is -2.29. The Balaban J connectivity index is 1.09. The van der Waals surface area contributed by atoms with Gasteiger partial charge in [-0.3, -0.25) is 14.4 Å². The molecule has 2 aliphatic rings. The number of rotatable bonds is 10. The highest BCUT2D eigenvalue weighted by Crippen LogP contribution is 2.28. The van der Waals surface area contributed by atoms with E-state index in [1.165, 1.54) is 30.5 Å². The molecule has 252 valence electrons. The summed E-state index contributed by atoms with van der Waals surface area (Å²) in [5.41, 5.74) is 6.75. The van der Waals surface area contributed by atoms with E-state index in [4.69, 9.17) is 4.74 Å². The molecule has 3 heterocycles. The monoisotopic (exact) mass is 650 g/mol. The maximum atomic E-state index is 13.6. The highest BCUT2D eigenvalue weighted by atomic mass is 16.5. The molecule has 2 atom stereocenters. The van der Waals surface area contributed by atoms with E-state index in [2.05, 4.69) is 68.6 Å². The van der Waals surface area contributed by atoms with Gasteiger partial charge >= 0.3 is 5.97 Å². The largest absolute Gasteiger partial charge is 0.481 e. The summed E-state index contributed by atoms with van der Waals surface area (Å²) in [4.78, 5) is 41.1. The summed E-state index contributed by atoms with van der Waals surface area (Å²) >= 11 is 0. The number of hydrogen-bond donors (Lipinski definition) is 3. The smallest absolute Gasteiger partial charge is 0.304 e. The number of piperidine rings is 1. The van der Waals surface area contributed by atoms with E-state index < -0.39 is 23.8 Å². The molecule has 0 spiro atoms. The second-order valence-corrected chi connectivity index (χ2v) is 13.0. The summed E-state index contributed by atoms with van der Waals surface area (Å²) in [5, 5.41) is 16.5. The van der Waals surface area contributed by atoms with Gasteiger partial charge in [0.05, 0.1) is 19.6 Å². The van der Waals surface area contributed by atoms with Crippen molar-refractivity contribution in [3.05, 3.63) is 90.1 Å². The number of aromatic nitrogens is 1. The van der Waals surface area contributed by atoms with Crippen molar-refractivity contribution in [1.29, 1.82) is 0 Å². The van der Waals surface area contributed by atoms with Crippen molar-refractivity contribution in [2.45, 2.75) is 64.0 Å². The van der Waals surface area contributed by atoms with Gasteiger partial charge in [-0.1, -0.05) is 54.6 Å². The molecular weight excluding hydrogens is 604 g/mol. The lowest BCUT2D eigenvalue weighted by atomic mass is 9.94. The summed E-state index contributed by atoms with van der Waals surface area (Å²) in [6.07, 6.45) is 7.60. The highest BCUT2D eigenvalue weighted by molar-refractivity contribution is 5.91. The van der Waals surface area contributed by atoms with E-state index >= 15 is 0 Å². The Morgan fingerprint density at radius 2 is 1.75 bits per heavy atom. The number of aliphatic carboxylic acids is 1. The van der Waals surface area contributed by atoms with Gasteiger partial charge in [0.25, 0.3) is 0 Å². The summed E-state index contributed by atoms with van der Waals surface area (Å²) in [6.45, 7) is 4.13. The van der Waals surface area contributed by atoms with Crippen molar-refractivity contribution < 1.29 is 24.2 Å². The predicted molar refractivity (Wildman–Crippen MR) is 188 cm³/mol. The Hall–Kier alpha value is -4.63. The number of para-hydroxylation sites is 1. The lowest BCUT2D eigenvalue weighted by molar-refractivity contribution is -0.141. The van der Waals surface area contributed by atoms with E-state index in [1.54, 1.807) is 0 Å². The third-order valence-corrected chi connectivity index (χ3v) is 9.61. The number of carbonyl (C=O) groups is 3. The van der Waals surface area contributed by atoms with Crippen molar-refractivity contribution in [3.63, 3.8) is 0 Å². The van der Waals surface area contributed by atoms with Crippen molar-refractivity contribution in [1.82, 2.24) is 15.2 Å². The Morgan fingerprint density at radius 3 is 2.56 bits per heavy atom. The number of anilines is 1. The van der Waals surface area contributed by atoms with Crippen molar-refractivity contribution >= 4 is 34.4 Å². The molecule has 3 N–H and O–H groups in total. The molecule has 4 aromatic rings. The minimum absolute atomic E-state index is 0.292. The SMILES string of the molecule is O=C(O)C[C@@H](CCCc1ccc(-c2cccc(N3CCCCC3)c2)cc1)C(=O)N[C@H]1Cc2cn(c3ccccc23)CCOCCNC1=O. The molecule has 0 saturated carbocycles. The van der Waals surface area contributed by atoms with Crippen LogP contribution in [0.5, 0.6) is 0 Å². The van der Waals surface area contributed by atoms with Crippen LogP contribution in [0.3, 0.4) is 0 Å². The number of amides is 2. The van der Waals surface area contributed by atoms with Gasteiger partial charge < -0.3 is 29.9 Å². The summed E-state index contributed by atoms with van der Waals surface area (Å²) in [5.74, 6) is -2.50. The number of benzene rings is 3. The lowest BCUT2D eigenvalue weighted by Crippen LogP contribution is -2.50. The van der Waals surface area contributed by atoms with Crippen molar-refractivity contribution in [2.75, 3.05) is 37.7 Å². The third kappa shape index (κ3) is 8.44. The summed E-state index contributed by atoms with van der Waals surface area (Å²) in [7, 11) is 0. The van der Waals surface area contributed by atoms with Crippen LogP contribution in [-0.2, 0) is 38.5 Å². The third-order valence-electron chi connectivity index (χ3n) is 9.61. The second kappa shape index (κ2) is 16.0. The zero-order chi connectivity index (χ0) is 33.3. The Bertz CT molecular complexity index is 1710. The molecule has 2 amide bonds. The number of nitrogens with one attached hydrogen (secondary N) is 2. The maximum absolute atomic E-state index is 13.6. The molecule has 2 aliphatic heterocycles. The zero-order valence-corrected chi connectivity index (χ0v) is 27.5. The first-order valence-electron chi connectivity index (χ1n) is 17.3. The molecule has 0 radical (unpaired) electrons. The Labute approximate surface area is 282 Å². The number of carbonyl (C=O) groups excluding carboxylic acids is 2. The molecule has 0 aliphatic carbocycles. The average Bonchev–Trinajstić information content (AvgIpc) is 3.46. The molecular formula is C39H46N4O5. The van der Waals surface area contributed by atoms with Gasteiger partial charge in [0.15, 0.2) is 0 Å². The molecule has 1 saturated heterocycles. The normalized spacial score (nSPS) is 18.0. The van der Waals surface area contributed by atoms with Crippen LogP contribution >= 0.6 is 0 Å². The minimum Gasteiger partial charge on any atom is -0.481 e. The molecule has 9 heteroatoms. The van der Waals surface area contributed by atoms with Gasteiger partial charge in [0.1, 0.15) is 6.04 Å². The van der Waals surface area contributed by atoms with Crippen molar-refractivity contribution in [3.8, 4) is 11.1 Å². The van der Waals surface area contributed by atoms with Gasteiger partial charge in [0.2, 0.25) is 11.8 Å². The fourth-order valence-electron chi connectivity index (χ4n) is 7.01. The zero-order valence-electron chi connectivity index (χ0n) is 27.5. The van der Waals surface area contributed by atoms with E-state index in [9.17, 15) is 19.5 Å². The summed E-state index contributed by atoms with van der Waals surface area (Å²) in [6, 6.07) is 24.4. The van der Waals surface area contributed by atoms with Gasteiger partial charge in [-0.25, -0.2) is 0 Å². The molecule has 9 nitrogen and oxygen atoms in total. The highest BCUT2D eigenvalue weighted by Gasteiger charge is 2.28. The molecule has 2 bridgehead atoms. The molecule has 1 aromatic heterocycles. The number of carboxylic acids is 1. The fourth-order valence-corrected chi connectivity index (χ4v) is 7.01. The minimum atomic E-state index is -1.03. The van der Waals surface area contributed by atoms with Crippen LogP contribution in [0.2, 0.25) is 0 Å². The number of carboxylic acid groups (broad SMARTS) is 1. The van der Waals surface area contributed by atoms with Crippen LogP contribution in [-0.4, -0.2) is 66.3 Å². The first kappa shape index (κ1) is 33.3. The molecule has 1 fully saturated rings. The van der Waals surface area contributed by atoms with E-state index in [1.807, 2.05) is 30.5 Å². The Kier molecular flexibility index (Phi) is 11.1. The molecule has 48 heavy (non-hydrogen) atoms. The van der Waals surface area contributed by atoms with Crippen LogP contribution in [0.25, 0.3) is 22.0 Å². The van der Waals surface area contributed by atoms with Crippen LogP contribution < -0.4 is 15.5 Å². The maximum Gasteiger partial charge on any atom is 0.304 e. The average molecular weight is 651 g/mol. The first-order chi connectivity index (χ1) is 23.4. The van der Waals surface area contributed by atoms with E-state index in [0.717, 1.165) is 47.1 Å². The standard InChI is InChI=1S/C39H46N4O5/c44-37(45)26-31(10-6-8-28-14-16-29(17-15-28)30-9-7-11-33(24-30)42-19-4-1-5-20-42)38(46)41-35-25-32-27-43(36-13-3-2-12-34(32)36)21-23-48-22-18-40-39(35)47/h2-3,7,9,11-17,24,27,31,35H,1,4-6,8,10,18-23,25-26H2,(H,40,47)(H,41,46)(H,44,45)/t31-,35+/m1/s1. The second-order valence-electron chi connectivity index (χ2n) is 13.0. The molecule has 6 rings (SSSR count). The fraction of sp³-hybridized carbons (Fsp3) is 0.410. The Morgan fingerprint density at radius 1 is 0.938 bits per heavy atom. The van der Waals surface area contributed by atoms with Crippen LogP contribution in [0.1, 0.15) is 49.7 Å². The van der Waals surface area contributed by atoms with Crippen molar-refractivity contribution in [2.24, 2.45) is 5.92 Å². The predicted octanol–water partition coefficient (Wildman–Crippen LogP) is 5.59. The molecule has 0 unspecified atom stereocenters. The van der Waals surface area contributed by atoms with E-state index in [0.29, 0.717) is 45.6 Å². The first-order valence-corrected chi connectivity index (χ1v) is 17.3. The summed E-state index contributed by atoms with van der Waals surface area (Å²) < 4.78 is 7.84. The number of fused-ring (bicyclic) bond motifs is 5. The number of aryl methyl sites for hydroxylation is 1. The quantitative estimate of drug-likeness (QED) is 0.207. The van der Waals surface area contributed by atoms with E-state index in [-0.39, 0.29) is 12.3 Å². The van der Waals surface area contributed by atoms with Crippen LogP contribution in [0.4, 0.5) is 5.69 Å². The number of ether oxygens (including phenoxy) is 1. The van der Waals surface area contributed by atoms with Gasteiger partial charge in [-0.05, 0) is 79.0 Å².